The predicted octanol–water partition coefficient (Wildman–Crippen LogP) is 3.77. The van der Waals surface area contributed by atoms with Crippen LogP contribution >= 0.6 is 23.2 Å². The molecule has 0 radical (unpaired) electrons. The van der Waals surface area contributed by atoms with Crippen molar-refractivity contribution >= 4 is 34.0 Å². The van der Waals surface area contributed by atoms with E-state index in [1.54, 1.807) is 24.5 Å². The second-order valence-electron chi connectivity index (χ2n) is 5.27. The molecule has 0 spiro atoms. The van der Waals surface area contributed by atoms with E-state index in [4.69, 9.17) is 23.2 Å². The summed E-state index contributed by atoms with van der Waals surface area (Å²) in [6.07, 6.45) is 0.803. The molecule has 6 heteroatoms. The van der Waals surface area contributed by atoms with Crippen molar-refractivity contribution in [2.24, 2.45) is 0 Å². The predicted molar refractivity (Wildman–Crippen MR) is 96.9 cm³/mol. The van der Waals surface area contributed by atoms with E-state index in [2.05, 4.69) is 5.32 Å². The van der Waals surface area contributed by atoms with Crippen LogP contribution in [0.15, 0.2) is 47.4 Å². The van der Waals surface area contributed by atoms with E-state index in [-0.39, 0.29) is 5.92 Å². The van der Waals surface area contributed by atoms with Crippen LogP contribution in [0.5, 0.6) is 0 Å². The molecule has 0 aromatic heterocycles. The number of benzene rings is 2. The lowest BCUT2D eigenvalue weighted by Gasteiger charge is -2.25. The summed E-state index contributed by atoms with van der Waals surface area (Å²) in [5, 5.41) is 14.9. The lowest BCUT2D eigenvalue weighted by atomic mass is 9.89. The Morgan fingerprint density at radius 2 is 1.87 bits per heavy atom. The van der Waals surface area contributed by atoms with E-state index < -0.39 is 16.9 Å². The van der Waals surface area contributed by atoms with E-state index in [9.17, 15) is 9.32 Å². The summed E-state index contributed by atoms with van der Waals surface area (Å²) in [6, 6.07) is 12.6. The summed E-state index contributed by atoms with van der Waals surface area (Å²) in [5.41, 5.74) is 1.54. The summed E-state index contributed by atoms with van der Waals surface area (Å²) in [6.45, 7) is 0.545. The first-order chi connectivity index (χ1) is 11.0. The smallest absolute Gasteiger partial charge is 0.0882 e. The van der Waals surface area contributed by atoms with E-state index in [1.165, 1.54) is 0 Å². The SMILES string of the molecule is CNCC(c1ccc(Cl)c(Cl)c1)[C@@H](O)c1ccccc1S(C)=O. The maximum Gasteiger partial charge on any atom is 0.0882 e. The molecule has 0 saturated heterocycles. The average molecular weight is 372 g/mol. The van der Waals surface area contributed by atoms with E-state index in [0.717, 1.165) is 5.56 Å². The van der Waals surface area contributed by atoms with Crippen molar-refractivity contribution in [1.82, 2.24) is 5.32 Å². The minimum atomic E-state index is -1.17. The Kier molecular flexibility index (Phi) is 6.62. The van der Waals surface area contributed by atoms with Gasteiger partial charge in [-0.1, -0.05) is 47.5 Å². The summed E-state index contributed by atoms with van der Waals surface area (Å²) >= 11 is 12.1. The minimum absolute atomic E-state index is 0.237. The molecule has 0 amide bonds. The Morgan fingerprint density at radius 1 is 1.17 bits per heavy atom. The number of aliphatic hydroxyl groups is 1. The number of hydrogen-bond donors (Lipinski definition) is 2. The number of aliphatic hydroxyl groups excluding tert-OH is 1. The van der Waals surface area contributed by atoms with Crippen LogP contribution in [0.3, 0.4) is 0 Å². The van der Waals surface area contributed by atoms with Crippen LogP contribution in [-0.4, -0.2) is 29.2 Å². The fourth-order valence-electron chi connectivity index (χ4n) is 2.58. The van der Waals surface area contributed by atoms with Gasteiger partial charge in [0, 0.05) is 23.6 Å². The van der Waals surface area contributed by atoms with Crippen molar-refractivity contribution in [3.63, 3.8) is 0 Å². The van der Waals surface area contributed by atoms with Gasteiger partial charge in [-0.3, -0.25) is 4.21 Å². The first kappa shape index (κ1) is 18.4. The van der Waals surface area contributed by atoms with Crippen molar-refractivity contribution in [2.45, 2.75) is 16.9 Å². The maximum atomic E-state index is 11.9. The Bertz CT molecular complexity index is 709. The molecule has 2 N–H and O–H groups in total. The molecular weight excluding hydrogens is 353 g/mol. The van der Waals surface area contributed by atoms with Gasteiger partial charge >= 0.3 is 0 Å². The zero-order chi connectivity index (χ0) is 17.0. The molecule has 2 aromatic carbocycles. The normalized spacial score (nSPS) is 15.2. The molecule has 3 nitrogen and oxygen atoms in total. The number of likely N-dealkylation sites (N-methyl/N-ethyl adjacent to an activating group) is 1. The molecule has 124 valence electrons. The van der Waals surface area contributed by atoms with Crippen molar-refractivity contribution in [3.8, 4) is 0 Å². The summed E-state index contributed by atoms with van der Waals surface area (Å²) in [4.78, 5) is 0.640. The van der Waals surface area contributed by atoms with Crippen LogP contribution in [-0.2, 0) is 10.8 Å². The van der Waals surface area contributed by atoms with Gasteiger partial charge in [-0.05, 0) is 36.4 Å². The monoisotopic (exact) mass is 371 g/mol. The highest BCUT2D eigenvalue weighted by Gasteiger charge is 2.25. The highest BCUT2D eigenvalue weighted by Crippen LogP contribution is 2.35. The van der Waals surface area contributed by atoms with Crippen molar-refractivity contribution < 1.29 is 9.32 Å². The van der Waals surface area contributed by atoms with E-state index >= 15 is 0 Å². The number of nitrogens with one attached hydrogen (secondary N) is 1. The van der Waals surface area contributed by atoms with Gasteiger partial charge in [0.05, 0.1) is 26.9 Å². The lowest BCUT2D eigenvalue weighted by Crippen LogP contribution is -2.24. The second-order valence-corrected chi connectivity index (χ2v) is 7.44. The number of halogens is 2. The molecule has 3 atom stereocenters. The number of hydrogen-bond acceptors (Lipinski definition) is 3. The zero-order valence-electron chi connectivity index (χ0n) is 12.9. The van der Waals surface area contributed by atoms with Gasteiger partial charge < -0.3 is 10.4 Å². The fraction of sp³-hybridized carbons (Fsp3) is 0.294. The van der Waals surface area contributed by atoms with Gasteiger partial charge in [0.1, 0.15) is 0 Å². The molecular formula is C17H19Cl2NO2S. The summed E-state index contributed by atoms with van der Waals surface area (Å²) < 4.78 is 11.9. The van der Waals surface area contributed by atoms with Gasteiger partial charge in [-0.15, -0.1) is 0 Å². The fourth-order valence-corrected chi connectivity index (χ4v) is 3.68. The van der Waals surface area contributed by atoms with Crippen LogP contribution < -0.4 is 5.32 Å². The zero-order valence-corrected chi connectivity index (χ0v) is 15.3. The molecule has 0 fully saturated rings. The molecule has 2 aromatic rings. The van der Waals surface area contributed by atoms with Crippen molar-refractivity contribution in [1.29, 1.82) is 0 Å². The van der Waals surface area contributed by atoms with Gasteiger partial charge in [0.25, 0.3) is 0 Å². The van der Waals surface area contributed by atoms with Crippen molar-refractivity contribution in [2.75, 3.05) is 19.8 Å². The maximum absolute atomic E-state index is 11.9. The largest absolute Gasteiger partial charge is 0.388 e. The van der Waals surface area contributed by atoms with Gasteiger partial charge in [0.2, 0.25) is 0 Å². The highest BCUT2D eigenvalue weighted by molar-refractivity contribution is 7.84. The van der Waals surface area contributed by atoms with Crippen LogP contribution in [0.25, 0.3) is 0 Å². The Morgan fingerprint density at radius 3 is 2.48 bits per heavy atom. The van der Waals surface area contributed by atoms with Crippen LogP contribution in [0.1, 0.15) is 23.1 Å². The minimum Gasteiger partial charge on any atom is -0.388 e. The van der Waals surface area contributed by atoms with Crippen LogP contribution in [0.4, 0.5) is 0 Å². The summed E-state index contributed by atoms with van der Waals surface area (Å²) in [5.74, 6) is -0.237. The topological polar surface area (TPSA) is 49.3 Å². The van der Waals surface area contributed by atoms with Crippen LogP contribution in [0, 0.1) is 0 Å². The third-order valence-corrected chi connectivity index (χ3v) is 5.45. The Hall–Kier alpha value is -0.910. The first-order valence-corrected chi connectivity index (χ1v) is 9.47. The highest BCUT2D eigenvalue weighted by atomic mass is 35.5. The second kappa shape index (κ2) is 8.27. The van der Waals surface area contributed by atoms with Crippen molar-refractivity contribution in [3.05, 3.63) is 63.6 Å². The standard InChI is InChI=1S/C17H19Cl2NO2S/c1-20-10-13(11-7-8-14(18)15(19)9-11)17(21)12-5-3-4-6-16(12)23(2)22/h3-9,13,17,20-21H,10H2,1-2H3/t13?,17-,23?/m0/s1. The van der Waals surface area contributed by atoms with E-state index in [0.29, 0.717) is 27.0 Å². The van der Waals surface area contributed by atoms with Gasteiger partial charge in [-0.2, -0.15) is 0 Å². The molecule has 23 heavy (non-hydrogen) atoms. The third-order valence-electron chi connectivity index (χ3n) is 3.72. The van der Waals surface area contributed by atoms with E-state index in [1.807, 2.05) is 31.3 Å². The average Bonchev–Trinajstić information content (AvgIpc) is 2.54. The molecule has 0 aliphatic carbocycles. The lowest BCUT2D eigenvalue weighted by molar-refractivity contribution is 0.141. The molecule has 0 aliphatic rings. The molecule has 0 bridgehead atoms. The number of rotatable bonds is 6. The molecule has 0 heterocycles. The molecule has 2 unspecified atom stereocenters. The third kappa shape index (κ3) is 4.34. The first-order valence-electron chi connectivity index (χ1n) is 7.15. The molecule has 0 aliphatic heterocycles. The van der Waals surface area contributed by atoms with Gasteiger partial charge in [0.15, 0.2) is 0 Å². The quantitative estimate of drug-likeness (QED) is 0.812. The van der Waals surface area contributed by atoms with Gasteiger partial charge in [-0.25, -0.2) is 0 Å². The molecule has 2 rings (SSSR count). The Labute approximate surface area is 149 Å². The molecule has 0 saturated carbocycles. The summed E-state index contributed by atoms with van der Waals surface area (Å²) in [7, 11) is 0.647. The van der Waals surface area contributed by atoms with Crippen LogP contribution in [0.2, 0.25) is 10.0 Å². The Balaban J connectivity index is 2.45.